The highest BCUT2D eigenvalue weighted by atomic mass is 15.2. The smallest absolute Gasteiger partial charge is 0.0346 e. The van der Waals surface area contributed by atoms with Gasteiger partial charge in [0.25, 0.3) is 0 Å². The van der Waals surface area contributed by atoms with Crippen molar-refractivity contribution in [1.29, 1.82) is 0 Å². The summed E-state index contributed by atoms with van der Waals surface area (Å²) in [5.41, 5.74) is 7.14. The molecular formula is C15H26N2. The van der Waals surface area contributed by atoms with Crippen LogP contribution in [0, 0.1) is 5.92 Å². The van der Waals surface area contributed by atoms with Crippen molar-refractivity contribution >= 4 is 0 Å². The third-order valence-corrected chi connectivity index (χ3v) is 3.03. The van der Waals surface area contributed by atoms with Crippen LogP contribution in [-0.4, -0.2) is 24.5 Å². The van der Waals surface area contributed by atoms with Gasteiger partial charge in [-0.1, -0.05) is 51.1 Å². The highest BCUT2D eigenvalue weighted by Crippen LogP contribution is 2.24. The minimum absolute atomic E-state index is 0.502. The molecule has 0 saturated carbocycles. The molecule has 96 valence electrons. The van der Waals surface area contributed by atoms with E-state index < -0.39 is 0 Å². The number of hydrogen-bond acceptors (Lipinski definition) is 2. The van der Waals surface area contributed by atoms with Gasteiger partial charge in [0.15, 0.2) is 0 Å². The SMILES string of the molecule is CCC(c1ccccc1)N(CCN)CC(C)C. The minimum atomic E-state index is 0.502. The Labute approximate surface area is 106 Å². The summed E-state index contributed by atoms with van der Waals surface area (Å²) in [7, 11) is 0. The van der Waals surface area contributed by atoms with Crippen LogP contribution >= 0.6 is 0 Å². The van der Waals surface area contributed by atoms with Crippen molar-refractivity contribution in [3.63, 3.8) is 0 Å². The summed E-state index contributed by atoms with van der Waals surface area (Å²) in [5, 5.41) is 0. The molecule has 1 unspecified atom stereocenters. The molecule has 0 amide bonds. The van der Waals surface area contributed by atoms with E-state index in [2.05, 4.69) is 56.0 Å². The fraction of sp³-hybridized carbons (Fsp3) is 0.600. The van der Waals surface area contributed by atoms with Crippen molar-refractivity contribution in [3.05, 3.63) is 35.9 Å². The van der Waals surface area contributed by atoms with Gasteiger partial charge < -0.3 is 5.73 Å². The average molecular weight is 234 g/mol. The largest absolute Gasteiger partial charge is 0.329 e. The molecule has 0 aromatic heterocycles. The Morgan fingerprint density at radius 3 is 2.29 bits per heavy atom. The highest BCUT2D eigenvalue weighted by molar-refractivity contribution is 5.18. The van der Waals surface area contributed by atoms with Gasteiger partial charge in [-0.15, -0.1) is 0 Å². The van der Waals surface area contributed by atoms with Gasteiger partial charge in [0, 0.05) is 25.7 Å². The Balaban J connectivity index is 2.81. The lowest BCUT2D eigenvalue weighted by Gasteiger charge is -2.32. The Morgan fingerprint density at radius 1 is 1.18 bits per heavy atom. The second-order valence-electron chi connectivity index (χ2n) is 5.01. The van der Waals surface area contributed by atoms with Crippen LogP contribution in [0.15, 0.2) is 30.3 Å². The number of rotatable bonds is 7. The van der Waals surface area contributed by atoms with E-state index in [0.717, 1.165) is 26.1 Å². The van der Waals surface area contributed by atoms with E-state index in [1.165, 1.54) is 5.56 Å². The second kappa shape index (κ2) is 7.46. The summed E-state index contributed by atoms with van der Waals surface area (Å²) in [6.45, 7) is 9.61. The fourth-order valence-corrected chi connectivity index (χ4v) is 2.39. The maximum absolute atomic E-state index is 5.73. The molecule has 1 rings (SSSR count). The highest BCUT2D eigenvalue weighted by Gasteiger charge is 2.18. The lowest BCUT2D eigenvalue weighted by molar-refractivity contribution is 0.176. The zero-order valence-corrected chi connectivity index (χ0v) is 11.4. The first kappa shape index (κ1) is 14.2. The van der Waals surface area contributed by atoms with Crippen molar-refractivity contribution in [3.8, 4) is 0 Å². The van der Waals surface area contributed by atoms with Crippen molar-refractivity contribution in [2.45, 2.75) is 33.2 Å². The van der Waals surface area contributed by atoms with E-state index in [1.54, 1.807) is 0 Å². The first-order chi connectivity index (χ1) is 8.19. The predicted octanol–water partition coefficient (Wildman–Crippen LogP) is 3.05. The van der Waals surface area contributed by atoms with Crippen LogP contribution in [-0.2, 0) is 0 Å². The number of hydrogen-bond donors (Lipinski definition) is 1. The Hall–Kier alpha value is -0.860. The van der Waals surface area contributed by atoms with E-state index in [0.29, 0.717) is 12.0 Å². The summed E-state index contributed by atoms with van der Waals surface area (Å²) in [6.07, 6.45) is 1.14. The van der Waals surface area contributed by atoms with E-state index in [1.807, 2.05) is 0 Å². The molecule has 0 fully saturated rings. The molecule has 0 aliphatic rings. The van der Waals surface area contributed by atoms with Gasteiger partial charge in [-0.25, -0.2) is 0 Å². The van der Waals surface area contributed by atoms with Gasteiger partial charge in [0.2, 0.25) is 0 Å². The summed E-state index contributed by atoms with van der Waals surface area (Å²) in [5.74, 6) is 0.680. The number of nitrogens with two attached hydrogens (primary N) is 1. The Bertz CT molecular complexity index is 295. The molecule has 2 heteroatoms. The molecule has 1 aromatic carbocycles. The Kier molecular flexibility index (Phi) is 6.23. The molecule has 0 aliphatic carbocycles. The molecule has 1 aromatic rings. The second-order valence-corrected chi connectivity index (χ2v) is 5.01. The van der Waals surface area contributed by atoms with Crippen LogP contribution in [0.4, 0.5) is 0 Å². The quantitative estimate of drug-likeness (QED) is 0.785. The van der Waals surface area contributed by atoms with Gasteiger partial charge in [-0.2, -0.15) is 0 Å². The van der Waals surface area contributed by atoms with Gasteiger partial charge in [0.1, 0.15) is 0 Å². The van der Waals surface area contributed by atoms with Crippen molar-refractivity contribution in [1.82, 2.24) is 4.90 Å². The minimum Gasteiger partial charge on any atom is -0.329 e. The molecular weight excluding hydrogens is 208 g/mol. The fourth-order valence-electron chi connectivity index (χ4n) is 2.39. The third-order valence-electron chi connectivity index (χ3n) is 3.03. The third kappa shape index (κ3) is 4.49. The van der Waals surface area contributed by atoms with Crippen LogP contribution in [0.1, 0.15) is 38.8 Å². The summed E-state index contributed by atoms with van der Waals surface area (Å²) in [6, 6.07) is 11.3. The zero-order valence-electron chi connectivity index (χ0n) is 11.4. The van der Waals surface area contributed by atoms with Gasteiger partial charge in [0.05, 0.1) is 0 Å². The van der Waals surface area contributed by atoms with Crippen LogP contribution in [0.25, 0.3) is 0 Å². The lowest BCUT2D eigenvalue weighted by atomic mass is 10.0. The molecule has 1 atom stereocenters. The van der Waals surface area contributed by atoms with Crippen LogP contribution in [0.5, 0.6) is 0 Å². The van der Waals surface area contributed by atoms with Crippen LogP contribution in [0.3, 0.4) is 0 Å². The summed E-state index contributed by atoms with van der Waals surface area (Å²) >= 11 is 0. The molecule has 17 heavy (non-hydrogen) atoms. The maximum atomic E-state index is 5.73. The summed E-state index contributed by atoms with van der Waals surface area (Å²) < 4.78 is 0. The maximum Gasteiger partial charge on any atom is 0.0346 e. The van der Waals surface area contributed by atoms with Crippen molar-refractivity contribution in [2.24, 2.45) is 11.7 Å². The van der Waals surface area contributed by atoms with E-state index >= 15 is 0 Å². The lowest BCUT2D eigenvalue weighted by Crippen LogP contribution is -2.35. The standard InChI is InChI=1S/C15H26N2/c1-4-15(14-8-6-5-7-9-14)17(11-10-16)12-13(2)3/h5-9,13,15H,4,10-12,16H2,1-3H3. The molecule has 0 spiro atoms. The number of benzene rings is 1. The average Bonchev–Trinajstić information content (AvgIpc) is 2.31. The Morgan fingerprint density at radius 2 is 1.82 bits per heavy atom. The van der Waals surface area contributed by atoms with Crippen molar-refractivity contribution < 1.29 is 0 Å². The normalized spacial score (nSPS) is 13.3. The van der Waals surface area contributed by atoms with Crippen molar-refractivity contribution in [2.75, 3.05) is 19.6 Å². The summed E-state index contributed by atoms with van der Waals surface area (Å²) in [4.78, 5) is 2.51. The topological polar surface area (TPSA) is 29.3 Å². The van der Waals surface area contributed by atoms with Gasteiger partial charge >= 0.3 is 0 Å². The zero-order chi connectivity index (χ0) is 12.7. The number of nitrogens with zero attached hydrogens (tertiary/aromatic N) is 1. The van der Waals surface area contributed by atoms with Gasteiger partial charge in [-0.05, 0) is 17.9 Å². The molecule has 2 N–H and O–H groups in total. The molecule has 0 bridgehead atoms. The molecule has 0 saturated heterocycles. The first-order valence-electron chi connectivity index (χ1n) is 6.68. The predicted molar refractivity (Wildman–Crippen MR) is 74.9 cm³/mol. The monoisotopic (exact) mass is 234 g/mol. The van der Waals surface area contributed by atoms with E-state index in [9.17, 15) is 0 Å². The first-order valence-corrected chi connectivity index (χ1v) is 6.68. The van der Waals surface area contributed by atoms with Gasteiger partial charge in [-0.3, -0.25) is 4.90 Å². The molecule has 0 aliphatic heterocycles. The molecule has 0 radical (unpaired) electrons. The van der Waals surface area contributed by atoms with E-state index in [-0.39, 0.29) is 0 Å². The van der Waals surface area contributed by atoms with E-state index in [4.69, 9.17) is 5.73 Å². The van der Waals surface area contributed by atoms with Crippen LogP contribution in [0.2, 0.25) is 0 Å². The molecule has 2 nitrogen and oxygen atoms in total. The van der Waals surface area contributed by atoms with Crippen LogP contribution < -0.4 is 5.73 Å². The molecule has 0 heterocycles.